The van der Waals surface area contributed by atoms with Crippen LogP contribution >= 0.6 is 22.6 Å². The summed E-state index contributed by atoms with van der Waals surface area (Å²) in [6.07, 6.45) is 23.9. The first-order chi connectivity index (χ1) is 9.41. The quantitative estimate of drug-likeness (QED) is 0.201. The second-order valence-electron chi connectivity index (χ2n) is 5.75. The number of unbranched alkanes of at least 4 members (excludes halogenated alkanes) is 14. The number of hydrogen-bond donors (Lipinski definition) is 0. The highest BCUT2D eigenvalue weighted by molar-refractivity contribution is 14.1. The van der Waals surface area contributed by atoms with Crippen LogP contribution in [0.1, 0.15) is 103 Å². The minimum Gasteiger partial charge on any atom is -0.0785 e. The number of rotatable bonds is 15. The molecule has 0 unspecified atom stereocenters. The molecule has 0 nitrogen and oxygen atoms in total. The van der Waals surface area contributed by atoms with Crippen LogP contribution in [0.15, 0.2) is 10.2 Å². The maximum atomic E-state index is 2.31. The lowest BCUT2D eigenvalue weighted by Gasteiger charge is -2.02. The van der Waals surface area contributed by atoms with E-state index in [1.54, 1.807) is 0 Å². The van der Waals surface area contributed by atoms with Gasteiger partial charge in [0.25, 0.3) is 0 Å². The highest BCUT2D eigenvalue weighted by atomic mass is 127. The minimum atomic E-state index is 1.28. The van der Waals surface area contributed by atoms with Crippen molar-refractivity contribution >= 4 is 22.6 Å². The van der Waals surface area contributed by atoms with E-state index in [2.05, 4.69) is 39.7 Å². The Labute approximate surface area is 136 Å². The smallest absolute Gasteiger partial charge is 0.0274 e. The molecule has 0 rings (SSSR count). The van der Waals surface area contributed by atoms with Gasteiger partial charge in [-0.2, -0.15) is 0 Å². The third kappa shape index (κ3) is 18.5. The molecule has 0 aromatic rings. The van der Waals surface area contributed by atoms with E-state index in [1.165, 1.54) is 96.3 Å². The average molecular weight is 378 g/mol. The molecule has 0 fully saturated rings. The molecule has 19 heavy (non-hydrogen) atoms. The second-order valence-corrected chi connectivity index (χ2v) is 6.47. The molecule has 0 spiro atoms. The maximum absolute atomic E-state index is 2.31. The molecule has 1 heteroatoms. The molecule has 0 aliphatic carbocycles. The molecule has 114 valence electrons. The van der Waals surface area contributed by atoms with Crippen molar-refractivity contribution in [1.82, 2.24) is 0 Å². The largest absolute Gasteiger partial charge is 0.0785 e. The standard InChI is InChI=1S/C18H35I/c1-2-3-4-5-6-7-8-9-10-11-12-13-14-15-16-17-18-19/h17-18H,2-16H2,1H3. The van der Waals surface area contributed by atoms with Crippen LogP contribution in [0, 0.1) is 0 Å². The fraction of sp³-hybridized carbons (Fsp3) is 0.889. The Morgan fingerprint density at radius 1 is 0.579 bits per heavy atom. The molecule has 0 atom stereocenters. The maximum Gasteiger partial charge on any atom is -0.0274 e. The topological polar surface area (TPSA) is 0 Å². The predicted molar refractivity (Wildman–Crippen MR) is 98.1 cm³/mol. The van der Waals surface area contributed by atoms with Gasteiger partial charge in [0.15, 0.2) is 0 Å². The van der Waals surface area contributed by atoms with E-state index in [-0.39, 0.29) is 0 Å². The van der Waals surface area contributed by atoms with Gasteiger partial charge in [-0.25, -0.2) is 0 Å². The molecule has 0 saturated carbocycles. The molecule has 0 amide bonds. The van der Waals surface area contributed by atoms with Gasteiger partial charge >= 0.3 is 0 Å². The van der Waals surface area contributed by atoms with Gasteiger partial charge in [0, 0.05) is 0 Å². The highest BCUT2D eigenvalue weighted by Crippen LogP contribution is 2.13. The van der Waals surface area contributed by atoms with E-state index >= 15 is 0 Å². The van der Waals surface area contributed by atoms with Crippen molar-refractivity contribution in [3.8, 4) is 0 Å². The number of allylic oxidation sites excluding steroid dienone is 1. The zero-order valence-electron chi connectivity index (χ0n) is 13.1. The van der Waals surface area contributed by atoms with E-state index in [0.29, 0.717) is 0 Å². The second kappa shape index (κ2) is 18.5. The first-order valence-electron chi connectivity index (χ1n) is 8.67. The lowest BCUT2D eigenvalue weighted by Crippen LogP contribution is -1.83. The first-order valence-corrected chi connectivity index (χ1v) is 9.91. The zero-order chi connectivity index (χ0) is 14.0. The van der Waals surface area contributed by atoms with Crippen LogP contribution in [0.4, 0.5) is 0 Å². The summed E-state index contributed by atoms with van der Waals surface area (Å²) in [4.78, 5) is 0. The normalized spacial score (nSPS) is 11.5. The van der Waals surface area contributed by atoms with Crippen molar-refractivity contribution in [2.45, 2.75) is 103 Å². The molecular formula is C18H35I. The summed E-state index contributed by atoms with van der Waals surface area (Å²) in [7, 11) is 0. The van der Waals surface area contributed by atoms with Gasteiger partial charge in [-0.3, -0.25) is 0 Å². The summed E-state index contributed by atoms with van der Waals surface area (Å²) in [5, 5.41) is 0. The number of hydrogen-bond acceptors (Lipinski definition) is 0. The lowest BCUT2D eigenvalue weighted by atomic mass is 10.0. The predicted octanol–water partition coefficient (Wildman–Crippen LogP) is 7.81. The van der Waals surface area contributed by atoms with Crippen LogP contribution in [-0.2, 0) is 0 Å². The van der Waals surface area contributed by atoms with Gasteiger partial charge in [-0.1, -0.05) is 119 Å². The Balaban J connectivity index is 2.91. The van der Waals surface area contributed by atoms with Crippen molar-refractivity contribution in [3.63, 3.8) is 0 Å². The summed E-state index contributed by atoms with van der Waals surface area (Å²) in [6, 6.07) is 0. The first kappa shape index (κ1) is 19.5. The summed E-state index contributed by atoms with van der Waals surface area (Å²) >= 11 is 2.31. The van der Waals surface area contributed by atoms with Crippen molar-refractivity contribution < 1.29 is 0 Å². The third-order valence-corrected chi connectivity index (χ3v) is 4.32. The molecule has 0 heterocycles. The Hall–Kier alpha value is 0.470. The molecule has 0 aromatic heterocycles. The molecule has 0 bridgehead atoms. The molecule has 0 N–H and O–H groups in total. The third-order valence-electron chi connectivity index (χ3n) is 3.81. The van der Waals surface area contributed by atoms with Gasteiger partial charge in [-0.05, 0) is 16.9 Å². The Morgan fingerprint density at radius 2 is 0.947 bits per heavy atom. The molecule has 0 aliphatic heterocycles. The van der Waals surface area contributed by atoms with E-state index in [9.17, 15) is 0 Å². The summed E-state index contributed by atoms with van der Waals surface area (Å²) in [6.45, 7) is 2.29. The van der Waals surface area contributed by atoms with Gasteiger partial charge < -0.3 is 0 Å². The van der Waals surface area contributed by atoms with Crippen LogP contribution in [0.5, 0.6) is 0 Å². The Morgan fingerprint density at radius 3 is 1.32 bits per heavy atom. The zero-order valence-corrected chi connectivity index (χ0v) is 15.3. The Bertz CT molecular complexity index is 175. The highest BCUT2D eigenvalue weighted by Gasteiger charge is 1.93. The van der Waals surface area contributed by atoms with E-state index in [4.69, 9.17) is 0 Å². The fourth-order valence-electron chi connectivity index (χ4n) is 2.52. The van der Waals surface area contributed by atoms with E-state index in [1.807, 2.05) is 0 Å². The van der Waals surface area contributed by atoms with E-state index < -0.39 is 0 Å². The molecule has 0 saturated heterocycles. The monoisotopic (exact) mass is 378 g/mol. The van der Waals surface area contributed by atoms with Crippen molar-refractivity contribution in [2.75, 3.05) is 0 Å². The van der Waals surface area contributed by atoms with Crippen LogP contribution in [-0.4, -0.2) is 0 Å². The molecule has 0 aromatic carbocycles. The van der Waals surface area contributed by atoms with Crippen LogP contribution in [0.25, 0.3) is 0 Å². The average Bonchev–Trinajstić information content (AvgIpc) is 2.43. The van der Waals surface area contributed by atoms with Crippen molar-refractivity contribution in [2.24, 2.45) is 0 Å². The summed E-state index contributed by atoms with van der Waals surface area (Å²) in [5.74, 6) is 0. The number of halogens is 1. The van der Waals surface area contributed by atoms with Gasteiger partial charge in [-0.15, -0.1) is 0 Å². The Kier molecular flexibility index (Phi) is 18.9. The van der Waals surface area contributed by atoms with Crippen LogP contribution < -0.4 is 0 Å². The lowest BCUT2D eigenvalue weighted by molar-refractivity contribution is 0.536. The van der Waals surface area contributed by atoms with Gasteiger partial charge in [0.05, 0.1) is 0 Å². The van der Waals surface area contributed by atoms with Crippen LogP contribution in [0.2, 0.25) is 0 Å². The van der Waals surface area contributed by atoms with Gasteiger partial charge in [0.2, 0.25) is 0 Å². The summed E-state index contributed by atoms with van der Waals surface area (Å²) < 4.78 is 2.14. The summed E-state index contributed by atoms with van der Waals surface area (Å²) in [5.41, 5.74) is 0. The molecular weight excluding hydrogens is 343 g/mol. The fourth-order valence-corrected chi connectivity index (χ4v) is 2.88. The van der Waals surface area contributed by atoms with Gasteiger partial charge in [0.1, 0.15) is 0 Å². The van der Waals surface area contributed by atoms with Crippen molar-refractivity contribution in [1.29, 1.82) is 0 Å². The molecule has 0 radical (unpaired) electrons. The minimum absolute atomic E-state index is 1.28. The van der Waals surface area contributed by atoms with Crippen molar-refractivity contribution in [3.05, 3.63) is 10.2 Å². The van der Waals surface area contributed by atoms with E-state index in [0.717, 1.165) is 0 Å². The SMILES string of the molecule is CCCCCCCCCCCCCCCCC=CI. The van der Waals surface area contributed by atoms with Crippen LogP contribution in [0.3, 0.4) is 0 Å². The molecule has 0 aliphatic rings.